The number of alkyl halides is 3. The topological polar surface area (TPSA) is 119 Å². The number of rotatable bonds is 9. The molecule has 2 aromatic rings. The summed E-state index contributed by atoms with van der Waals surface area (Å²) < 4.78 is 37.3. The number of carbonyl (C=O) groups excluding carboxylic acids is 3. The fourth-order valence-corrected chi connectivity index (χ4v) is 6.60. The van der Waals surface area contributed by atoms with Gasteiger partial charge in [0.25, 0.3) is 5.91 Å². The lowest BCUT2D eigenvalue weighted by atomic mass is 9.91. The molecular formula is C29H34F3N3O5S. The molecule has 1 saturated heterocycles. The number of halogens is 3. The van der Waals surface area contributed by atoms with E-state index in [2.05, 4.69) is 5.32 Å². The second kappa shape index (κ2) is 12.4. The number of amides is 3. The maximum absolute atomic E-state index is 13.6. The molecule has 12 heteroatoms. The number of nitrogens with one attached hydrogen (secondary N) is 2. The van der Waals surface area contributed by atoms with Gasteiger partial charge in [-0.25, -0.2) is 0 Å². The van der Waals surface area contributed by atoms with Gasteiger partial charge in [0.05, 0.1) is 18.0 Å². The standard InChI is InChI=1S/C29H34F3N3O5S/c1-28(2)24(26(39)33-15-29(30,31)32)35(16-41-28)27(40)22(37)14-19(12-17-8-4-3-5-9-17)25(38)34-23-20-11-7-6-10-18(20)13-21(23)36/h3-11,19,21-24,36-37H,12-16H2,1-2H3,(H,33,39)(H,34,38)/t19-,21+,22-,23-,24+/m0/s1. The van der Waals surface area contributed by atoms with Crippen LogP contribution < -0.4 is 10.6 Å². The highest BCUT2D eigenvalue weighted by Crippen LogP contribution is 2.40. The predicted octanol–water partition coefficient (Wildman–Crippen LogP) is 2.73. The number of hydrogen-bond acceptors (Lipinski definition) is 6. The molecule has 1 aliphatic carbocycles. The molecule has 0 spiro atoms. The maximum atomic E-state index is 13.6. The Morgan fingerprint density at radius 3 is 2.44 bits per heavy atom. The third-order valence-electron chi connectivity index (χ3n) is 7.53. The van der Waals surface area contributed by atoms with Gasteiger partial charge in [0.15, 0.2) is 0 Å². The van der Waals surface area contributed by atoms with Crippen LogP contribution >= 0.6 is 11.8 Å². The number of fused-ring (bicyclic) bond motifs is 1. The summed E-state index contributed by atoms with van der Waals surface area (Å²) in [5, 5.41) is 26.4. The highest BCUT2D eigenvalue weighted by atomic mass is 32.2. The maximum Gasteiger partial charge on any atom is 0.405 e. The zero-order valence-electron chi connectivity index (χ0n) is 22.7. The Balaban J connectivity index is 1.51. The van der Waals surface area contributed by atoms with E-state index in [0.29, 0.717) is 6.42 Å². The van der Waals surface area contributed by atoms with Gasteiger partial charge in [0.1, 0.15) is 18.7 Å². The van der Waals surface area contributed by atoms with Crippen molar-refractivity contribution >= 4 is 29.5 Å². The van der Waals surface area contributed by atoms with Crippen LogP contribution in [0.5, 0.6) is 0 Å². The summed E-state index contributed by atoms with van der Waals surface area (Å²) in [6, 6.07) is 14.5. The minimum atomic E-state index is -4.62. The Labute approximate surface area is 240 Å². The van der Waals surface area contributed by atoms with E-state index in [1.165, 1.54) is 11.8 Å². The molecule has 2 aliphatic rings. The van der Waals surface area contributed by atoms with Crippen molar-refractivity contribution in [1.82, 2.24) is 15.5 Å². The third kappa shape index (κ3) is 7.41. The Kier molecular flexibility index (Phi) is 9.35. The summed E-state index contributed by atoms with van der Waals surface area (Å²) in [4.78, 5) is 40.8. The number of aliphatic hydroxyl groups is 2. The van der Waals surface area contributed by atoms with E-state index >= 15 is 0 Å². The molecule has 1 heterocycles. The van der Waals surface area contributed by atoms with Crippen molar-refractivity contribution in [2.24, 2.45) is 5.92 Å². The fourth-order valence-electron chi connectivity index (χ4n) is 5.46. The van der Waals surface area contributed by atoms with Gasteiger partial charge in [-0.05, 0) is 43.4 Å². The first-order valence-electron chi connectivity index (χ1n) is 13.3. The average molecular weight is 594 g/mol. The fraction of sp³-hybridized carbons (Fsp3) is 0.483. The van der Waals surface area contributed by atoms with E-state index in [4.69, 9.17) is 0 Å². The minimum Gasteiger partial charge on any atom is -0.390 e. The molecule has 0 unspecified atom stereocenters. The molecule has 0 saturated carbocycles. The van der Waals surface area contributed by atoms with Crippen LogP contribution in [-0.2, 0) is 27.2 Å². The van der Waals surface area contributed by atoms with E-state index in [1.54, 1.807) is 26.0 Å². The summed E-state index contributed by atoms with van der Waals surface area (Å²) >= 11 is 1.21. The molecule has 1 fully saturated rings. The van der Waals surface area contributed by atoms with Crippen LogP contribution in [0.4, 0.5) is 13.2 Å². The van der Waals surface area contributed by atoms with Crippen molar-refractivity contribution in [3.8, 4) is 0 Å². The molecule has 0 radical (unpaired) electrons. The first kappa shape index (κ1) is 30.9. The highest BCUT2D eigenvalue weighted by molar-refractivity contribution is 8.00. The van der Waals surface area contributed by atoms with Crippen molar-refractivity contribution in [2.75, 3.05) is 12.4 Å². The molecule has 1 aliphatic heterocycles. The lowest BCUT2D eigenvalue weighted by Crippen LogP contribution is -2.56. The van der Waals surface area contributed by atoms with Crippen LogP contribution in [0.3, 0.4) is 0 Å². The van der Waals surface area contributed by atoms with Crippen molar-refractivity contribution in [1.29, 1.82) is 0 Å². The van der Waals surface area contributed by atoms with Gasteiger partial charge in [-0.3, -0.25) is 14.4 Å². The van der Waals surface area contributed by atoms with Crippen LogP contribution in [0.15, 0.2) is 54.6 Å². The smallest absolute Gasteiger partial charge is 0.390 e. The third-order valence-corrected chi connectivity index (χ3v) is 8.91. The van der Waals surface area contributed by atoms with E-state index in [-0.39, 0.29) is 18.7 Å². The Morgan fingerprint density at radius 1 is 1.10 bits per heavy atom. The molecule has 41 heavy (non-hydrogen) atoms. The SMILES string of the molecule is CC1(C)SCN(C(=O)[C@@H](O)C[C@H](Cc2ccccc2)C(=O)N[C@H]2c3ccccc3C[C@H]2O)[C@@H]1C(=O)NCC(F)(F)F. The normalized spacial score (nSPS) is 23.0. The van der Waals surface area contributed by atoms with Crippen molar-refractivity contribution in [3.05, 3.63) is 71.3 Å². The van der Waals surface area contributed by atoms with Crippen LogP contribution in [0.2, 0.25) is 0 Å². The first-order valence-corrected chi connectivity index (χ1v) is 14.3. The van der Waals surface area contributed by atoms with Crippen LogP contribution in [0.1, 0.15) is 43.0 Å². The zero-order valence-corrected chi connectivity index (χ0v) is 23.5. The highest BCUT2D eigenvalue weighted by Gasteiger charge is 2.49. The summed E-state index contributed by atoms with van der Waals surface area (Å²) in [5.74, 6) is -3.15. The lowest BCUT2D eigenvalue weighted by Gasteiger charge is -2.32. The number of thioether (sulfide) groups is 1. The molecule has 2 aromatic carbocycles. The molecule has 222 valence electrons. The van der Waals surface area contributed by atoms with E-state index < -0.39 is 65.4 Å². The van der Waals surface area contributed by atoms with Crippen molar-refractivity contribution in [3.63, 3.8) is 0 Å². The first-order chi connectivity index (χ1) is 19.3. The largest absolute Gasteiger partial charge is 0.405 e. The molecule has 8 nitrogen and oxygen atoms in total. The molecule has 0 bridgehead atoms. The second-order valence-corrected chi connectivity index (χ2v) is 12.6. The lowest BCUT2D eigenvalue weighted by molar-refractivity contribution is -0.150. The Hall–Kier alpha value is -3.09. The van der Waals surface area contributed by atoms with Crippen molar-refractivity contribution in [2.45, 2.75) is 68.3 Å². The molecule has 0 aromatic heterocycles. The van der Waals surface area contributed by atoms with Crippen LogP contribution in [0.25, 0.3) is 0 Å². The summed E-state index contributed by atoms with van der Waals surface area (Å²) in [5.41, 5.74) is 2.51. The number of carbonyl (C=O) groups is 3. The van der Waals surface area contributed by atoms with Gasteiger partial charge in [0, 0.05) is 17.1 Å². The number of benzene rings is 2. The molecule has 4 rings (SSSR count). The van der Waals surface area contributed by atoms with Crippen LogP contribution in [-0.4, -0.2) is 74.4 Å². The van der Waals surface area contributed by atoms with Crippen molar-refractivity contribution < 1.29 is 37.8 Å². The van der Waals surface area contributed by atoms with Crippen LogP contribution in [0, 0.1) is 5.92 Å². The van der Waals surface area contributed by atoms with Gasteiger partial charge < -0.3 is 25.7 Å². The molecule has 3 amide bonds. The molecule has 4 N–H and O–H groups in total. The monoisotopic (exact) mass is 593 g/mol. The predicted molar refractivity (Wildman–Crippen MR) is 148 cm³/mol. The minimum absolute atomic E-state index is 0.00635. The van der Waals surface area contributed by atoms with E-state index in [9.17, 15) is 37.8 Å². The number of nitrogens with zero attached hydrogens (tertiary/aromatic N) is 1. The molecular weight excluding hydrogens is 559 g/mol. The number of aliphatic hydroxyl groups excluding tert-OH is 2. The summed E-state index contributed by atoms with van der Waals surface area (Å²) in [7, 11) is 0. The van der Waals surface area contributed by atoms with Gasteiger partial charge in [-0.15, -0.1) is 11.8 Å². The zero-order chi connectivity index (χ0) is 29.9. The van der Waals surface area contributed by atoms with E-state index in [1.807, 2.05) is 47.8 Å². The second-order valence-electron chi connectivity index (χ2n) is 11.0. The quantitative estimate of drug-likeness (QED) is 0.355. The Bertz CT molecular complexity index is 1260. The van der Waals surface area contributed by atoms with Gasteiger partial charge in [-0.2, -0.15) is 13.2 Å². The van der Waals surface area contributed by atoms with Gasteiger partial charge in [0.2, 0.25) is 11.8 Å². The molecule has 5 atom stereocenters. The van der Waals surface area contributed by atoms with Gasteiger partial charge >= 0.3 is 6.18 Å². The summed E-state index contributed by atoms with van der Waals surface area (Å²) in [6.45, 7) is 1.75. The average Bonchev–Trinajstić information content (AvgIpc) is 3.41. The summed E-state index contributed by atoms with van der Waals surface area (Å²) in [6.07, 6.45) is -6.86. The van der Waals surface area contributed by atoms with Gasteiger partial charge in [-0.1, -0.05) is 54.6 Å². The number of hydrogen-bond donors (Lipinski definition) is 4. The van der Waals surface area contributed by atoms with E-state index in [0.717, 1.165) is 21.6 Å². The Morgan fingerprint density at radius 2 is 1.76 bits per heavy atom.